The Kier molecular flexibility index (Phi) is 4.50. The average Bonchev–Trinajstić information content (AvgIpc) is 2.77. The second kappa shape index (κ2) is 6.44. The molecule has 0 saturated heterocycles. The molecule has 0 bridgehead atoms. The highest BCUT2D eigenvalue weighted by molar-refractivity contribution is 8.00. The Labute approximate surface area is 147 Å². The minimum absolute atomic E-state index is 0.119. The van der Waals surface area contributed by atoms with Gasteiger partial charge in [-0.05, 0) is 30.7 Å². The second-order valence-electron chi connectivity index (χ2n) is 6.56. The van der Waals surface area contributed by atoms with E-state index in [1.54, 1.807) is 12.3 Å². The Morgan fingerprint density at radius 3 is 2.58 bits per heavy atom. The number of anilines is 1. The van der Waals surface area contributed by atoms with Gasteiger partial charge in [0.1, 0.15) is 0 Å². The first-order chi connectivity index (χ1) is 11.4. The van der Waals surface area contributed by atoms with Gasteiger partial charge in [0, 0.05) is 36.1 Å². The van der Waals surface area contributed by atoms with E-state index >= 15 is 0 Å². The molecule has 0 unspecified atom stereocenters. The molecule has 24 heavy (non-hydrogen) atoms. The van der Waals surface area contributed by atoms with Gasteiger partial charge in [0.2, 0.25) is 0 Å². The lowest BCUT2D eigenvalue weighted by Gasteiger charge is -2.24. The largest absolute Gasteiger partial charge is 0.347 e. The van der Waals surface area contributed by atoms with Crippen LogP contribution in [0, 0.1) is 0 Å². The summed E-state index contributed by atoms with van der Waals surface area (Å²) in [5, 5.41) is 0.708. The summed E-state index contributed by atoms with van der Waals surface area (Å²) in [5.41, 5.74) is 3.31. The van der Waals surface area contributed by atoms with Crippen LogP contribution in [-0.2, 0) is 10.2 Å². The Morgan fingerprint density at radius 1 is 1.21 bits per heavy atom. The fourth-order valence-electron chi connectivity index (χ4n) is 3.17. The quantitative estimate of drug-likeness (QED) is 0.609. The number of para-hydroxylation sites is 1. The van der Waals surface area contributed by atoms with E-state index < -0.39 is 0 Å². The fraction of sp³-hybridized carbons (Fsp3) is 0.300. The summed E-state index contributed by atoms with van der Waals surface area (Å²) in [7, 11) is 2.03. The van der Waals surface area contributed by atoms with Gasteiger partial charge in [-0.1, -0.05) is 49.9 Å². The van der Waals surface area contributed by atoms with Gasteiger partial charge in [-0.25, -0.2) is 4.98 Å². The van der Waals surface area contributed by atoms with Crippen LogP contribution < -0.4 is 4.90 Å². The third-order valence-corrected chi connectivity index (χ3v) is 5.62. The van der Waals surface area contributed by atoms with E-state index in [4.69, 9.17) is 0 Å². The highest BCUT2D eigenvalue weighted by atomic mass is 32.2. The number of fused-ring (bicyclic) bond motifs is 1. The highest BCUT2D eigenvalue weighted by Gasteiger charge is 2.38. The molecule has 0 N–H and O–H groups in total. The lowest BCUT2D eigenvalue weighted by atomic mass is 9.83. The molecular weight excluding hydrogens is 316 g/mol. The summed E-state index contributed by atoms with van der Waals surface area (Å²) in [4.78, 5) is 19.2. The van der Waals surface area contributed by atoms with Gasteiger partial charge in [-0.15, -0.1) is 0 Å². The maximum atomic E-state index is 12.7. The zero-order valence-corrected chi connectivity index (χ0v) is 15.3. The number of hydrogen-bond acceptors (Lipinski definition) is 4. The number of likely N-dealkylation sites (N-methyl/N-ethyl adjacent to an activating group) is 1. The van der Waals surface area contributed by atoms with E-state index in [0.29, 0.717) is 0 Å². The van der Waals surface area contributed by atoms with Crippen molar-refractivity contribution >= 4 is 23.2 Å². The number of hydrogen-bond donors (Lipinski definition) is 0. The molecule has 1 aliphatic heterocycles. The molecule has 1 aliphatic rings. The summed E-state index contributed by atoms with van der Waals surface area (Å²) < 4.78 is 0. The predicted octanol–water partition coefficient (Wildman–Crippen LogP) is 4.44. The van der Waals surface area contributed by atoms with Gasteiger partial charge in [0.15, 0.2) is 5.78 Å². The molecule has 1 atom stereocenters. The zero-order chi connectivity index (χ0) is 17.3. The van der Waals surface area contributed by atoms with Gasteiger partial charge in [0.25, 0.3) is 0 Å². The Morgan fingerprint density at radius 2 is 1.92 bits per heavy atom. The van der Waals surface area contributed by atoms with Crippen LogP contribution in [0.5, 0.6) is 0 Å². The normalized spacial score (nSPS) is 18.5. The smallest absolute Gasteiger partial charge is 0.170 e. The number of benzene rings is 1. The molecule has 3 rings (SSSR count). The van der Waals surface area contributed by atoms with Crippen LogP contribution in [0.3, 0.4) is 0 Å². The molecule has 0 radical (unpaired) electrons. The van der Waals surface area contributed by atoms with Crippen molar-refractivity contribution < 1.29 is 4.79 Å². The maximum Gasteiger partial charge on any atom is 0.170 e. The number of pyridine rings is 1. The van der Waals surface area contributed by atoms with Crippen LogP contribution in [0.4, 0.5) is 5.69 Å². The SMILES string of the molecule is C[C@H](Sc1ccccn1)C(=O)/C=C1/N(C)c2ccccc2C1(C)C. The minimum atomic E-state index is -0.170. The zero-order valence-electron chi connectivity index (χ0n) is 14.5. The van der Waals surface area contributed by atoms with Crippen LogP contribution >= 0.6 is 11.8 Å². The first kappa shape index (κ1) is 16.8. The van der Waals surface area contributed by atoms with Crippen LogP contribution in [0.2, 0.25) is 0 Å². The molecule has 0 spiro atoms. The van der Waals surface area contributed by atoms with E-state index in [1.807, 2.05) is 38.2 Å². The van der Waals surface area contributed by atoms with Crippen molar-refractivity contribution in [2.24, 2.45) is 0 Å². The Bertz CT molecular complexity index is 783. The molecule has 0 amide bonds. The molecule has 1 aromatic heterocycles. The van der Waals surface area contributed by atoms with Crippen LogP contribution in [-0.4, -0.2) is 23.1 Å². The minimum Gasteiger partial charge on any atom is -0.347 e. The van der Waals surface area contributed by atoms with E-state index in [9.17, 15) is 4.79 Å². The van der Waals surface area contributed by atoms with E-state index in [1.165, 1.54) is 23.0 Å². The molecule has 124 valence electrons. The predicted molar refractivity (Wildman–Crippen MR) is 101 cm³/mol. The van der Waals surface area contributed by atoms with Gasteiger partial charge >= 0.3 is 0 Å². The summed E-state index contributed by atoms with van der Waals surface area (Å²) in [6, 6.07) is 14.1. The van der Waals surface area contributed by atoms with Crippen LogP contribution in [0.1, 0.15) is 26.3 Å². The van der Waals surface area contributed by atoms with Crippen molar-refractivity contribution in [3.63, 3.8) is 0 Å². The van der Waals surface area contributed by atoms with E-state index in [0.717, 1.165) is 10.7 Å². The van der Waals surface area contributed by atoms with Crippen LogP contribution in [0.15, 0.2) is 65.5 Å². The number of rotatable bonds is 4. The molecule has 3 nitrogen and oxygen atoms in total. The number of allylic oxidation sites excluding steroid dienone is 2. The third-order valence-electron chi connectivity index (χ3n) is 4.56. The first-order valence-electron chi connectivity index (χ1n) is 8.08. The van der Waals surface area contributed by atoms with Crippen molar-refractivity contribution in [3.05, 3.63) is 66.0 Å². The topological polar surface area (TPSA) is 33.2 Å². The van der Waals surface area contributed by atoms with Crippen molar-refractivity contribution in [1.82, 2.24) is 4.98 Å². The summed E-state index contributed by atoms with van der Waals surface area (Å²) >= 11 is 1.50. The average molecular weight is 338 g/mol. The van der Waals surface area contributed by atoms with Crippen molar-refractivity contribution in [3.8, 4) is 0 Å². The van der Waals surface area contributed by atoms with E-state index in [-0.39, 0.29) is 16.4 Å². The van der Waals surface area contributed by atoms with Crippen molar-refractivity contribution in [2.75, 3.05) is 11.9 Å². The summed E-state index contributed by atoms with van der Waals surface area (Å²) in [6.45, 7) is 6.28. The highest BCUT2D eigenvalue weighted by Crippen LogP contribution is 2.46. The number of nitrogens with zero attached hydrogens (tertiary/aromatic N) is 2. The number of carbonyl (C=O) groups is 1. The Balaban J connectivity index is 1.84. The number of carbonyl (C=O) groups excluding carboxylic acids is 1. The molecule has 2 heterocycles. The fourth-order valence-corrected chi connectivity index (χ4v) is 3.99. The molecule has 1 aromatic carbocycles. The van der Waals surface area contributed by atoms with Crippen molar-refractivity contribution in [2.45, 2.75) is 36.5 Å². The van der Waals surface area contributed by atoms with Gasteiger partial charge in [-0.2, -0.15) is 0 Å². The monoisotopic (exact) mass is 338 g/mol. The molecule has 0 aliphatic carbocycles. The molecular formula is C20H22N2OS. The van der Waals surface area contributed by atoms with E-state index in [2.05, 4.69) is 41.9 Å². The standard InChI is InChI=1S/C20H22N2OS/c1-14(24-19-11-7-8-12-21-19)17(23)13-18-20(2,3)15-9-5-6-10-16(15)22(18)4/h5-14H,1-4H3/b18-13+/t14-/m0/s1. The van der Waals surface area contributed by atoms with Gasteiger partial charge < -0.3 is 4.90 Å². The number of thioether (sulfide) groups is 1. The molecule has 2 aromatic rings. The summed E-state index contributed by atoms with van der Waals surface area (Å²) in [5.74, 6) is 0.119. The lowest BCUT2D eigenvalue weighted by molar-refractivity contribution is -0.113. The van der Waals surface area contributed by atoms with Crippen molar-refractivity contribution in [1.29, 1.82) is 0 Å². The molecule has 0 saturated carbocycles. The maximum absolute atomic E-state index is 12.7. The van der Waals surface area contributed by atoms with Gasteiger partial charge in [-0.3, -0.25) is 4.79 Å². The first-order valence-corrected chi connectivity index (χ1v) is 8.96. The molecule has 0 fully saturated rings. The molecule has 4 heteroatoms. The third kappa shape index (κ3) is 2.98. The number of aromatic nitrogens is 1. The number of ketones is 1. The Hall–Kier alpha value is -2.07. The second-order valence-corrected chi connectivity index (χ2v) is 7.92. The summed E-state index contributed by atoms with van der Waals surface area (Å²) in [6.07, 6.45) is 3.56. The van der Waals surface area contributed by atoms with Crippen LogP contribution in [0.25, 0.3) is 0 Å². The van der Waals surface area contributed by atoms with Gasteiger partial charge in [0.05, 0.1) is 10.3 Å². The lowest BCUT2D eigenvalue weighted by Crippen LogP contribution is -2.25.